The topological polar surface area (TPSA) is 83.6 Å². The first-order valence-electron chi connectivity index (χ1n) is 11.5. The van der Waals surface area contributed by atoms with Gasteiger partial charge in [0.15, 0.2) is 5.65 Å². The molecule has 0 saturated carbocycles. The molecule has 8 heteroatoms. The van der Waals surface area contributed by atoms with Gasteiger partial charge < -0.3 is 19.4 Å². The number of hydrogen-bond donors (Lipinski definition) is 1. The lowest BCUT2D eigenvalue weighted by Crippen LogP contribution is -2.55. The number of likely N-dealkylation sites (tertiary alicyclic amines) is 2. The summed E-state index contributed by atoms with van der Waals surface area (Å²) in [6.45, 7) is 3.84. The molecule has 2 fully saturated rings. The van der Waals surface area contributed by atoms with Crippen molar-refractivity contribution in [3.63, 3.8) is 0 Å². The number of H-pyrrole nitrogens is 1. The molecule has 1 amide bonds. The van der Waals surface area contributed by atoms with Crippen molar-refractivity contribution in [1.29, 1.82) is 0 Å². The number of piperidine rings is 2. The van der Waals surface area contributed by atoms with Crippen molar-refractivity contribution in [3.8, 4) is 0 Å². The molecule has 0 spiro atoms. The average molecular weight is 438 g/mol. The molecule has 170 valence electrons. The fourth-order valence-corrected chi connectivity index (χ4v) is 5.42. The molecule has 1 N–H and O–H groups in total. The van der Waals surface area contributed by atoms with Crippen LogP contribution in [0.4, 0.5) is 0 Å². The minimum Gasteiger partial charge on any atom is -0.382 e. The fraction of sp³-hybridized carbons (Fsp3) is 0.542. The first-order valence-corrected chi connectivity index (χ1v) is 11.5. The second kappa shape index (κ2) is 9.52. The lowest BCUT2D eigenvalue weighted by Gasteiger charge is -2.46. The summed E-state index contributed by atoms with van der Waals surface area (Å²) in [5.41, 5.74) is 3.13. The van der Waals surface area contributed by atoms with Crippen molar-refractivity contribution < 1.29 is 14.3 Å². The van der Waals surface area contributed by atoms with Gasteiger partial charge in [-0.15, -0.1) is 0 Å². The Morgan fingerprint density at radius 3 is 3.03 bits per heavy atom. The maximum Gasteiger partial charge on any atom is 0.210 e. The van der Waals surface area contributed by atoms with Crippen LogP contribution < -0.4 is 0 Å². The van der Waals surface area contributed by atoms with Crippen molar-refractivity contribution in [2.45, 2.75) is 43.9 Å². The largest absolute Gasteiger partial charge is 0.382 e. The van der Waals surface area contributed by atoms with Crippen LogP contribution in [0.15, 0.2) is 30.7 Å². The molecule has 0 aromatic carbocycles. The van der Waals surface area contributed by atoms with Crippen LogP contribution in [0.2, 0.25) is 0 Å². The van der Waals surface area contributed by atoms with Gasteiger partial charge in [0.1, 0.15) is 0 Å². The van der Waals surface area contributed by atoms with Crippen LogP contribution in [0.3, 0.4) is 0 Å². The monoisotopic (exact) mass is 437 g/mol. The number of methoxy groups -OCH3 is 1. The van der Waals surface area contributed by atoms with Crippen LogP contribution in [0, 0.1) is 0 Å². The zero-order valence-corrected chi connectivity index (χ0v) is 18.6. The van der Waals surface area contributed by atoms with Crippen molar-refractivity contribution >= 4 is 28.3 Å². The van der Waals surface area contributed by atoms with Crippen molar-refractivity contribution in [2.75, 3.05) is 40.0 Å². The fourth-order valence-electron chi connectivity index (χ4n) is 5.42. The van der Waals surface area contributed by atoms with E-state index in [-0.39, 0.29) is 12.3 Å². The summed E-state index contributed by atoms with van der Waals surface area (Å²) in [6.07, 6.45) is 11.0. The highest BCUT2D eigenvalue weighted by atomic mass is 16.5. The summed E-state index contributed by atoms with van der Waals surface area (Å²) in [5.74, 6) is 0.364. The Labute approximate surface area is 187 Å². The molecule has 3 aromatic rings. The summed E-state index contributed by atoms with van der Waals surface area (Å²) in [6, 6.07) is 4.24. The number of aromatic amines is 1. The van der Waals surface area contributed by atoms with E-state index in [0.29, 0.717) is 19.1 Å². The Kier molecular flexibility index (Phi) is 6.34. The molecule has 5 rings (SSSR count). The molecular formula is C24H31N5O3. The lowest BCUT2D eigenvalue weighted by atomic mass is 9.85. The highest BCUT2D eigenvalue weighted by Crippen LogP contribution is 2.38. The third kappa shape index (κ3) is 4.10. The van der Waals surface area contributed by atoms with E-state index in [0.717, 1.165) is 68.3 Å². The molecule has 5 heterocycles. The van der Waals surface area contributed by atoms with Crippen LogP contribution in [-0.4, -0.2) is 83.4 Å². The number of amides is 1. The molecule has 2 aliphatic heterocycles. The van der Waals surface area contributed by atoms with Gasteiger partial charge in [-0.3, -0.25) is 9.69 Å². The summed E-state index contributed by atoms with van der Waals surface area (Å²) in [4.78, 5) is 28.6. The highest BCUT2D eigenvalue weighted by molar-refractivity contribution is 6.05. The van der Waals surface area contributed by atoms with Gasteiger partial charge in [-0.2, -0.15) is 0 Å². The van der Waals surface area contributed by atoms with Crippen LogP contribution >= 0.6 is 0 Å². The summed E-state index contributed by atoms with van der Waals surface area (Å²) in [7, 11) is 1.70. The number of aromatic nitrogens is 3. The zero-order valence-electron chi connectivity index (χ0n) is 18.6. The number of ether oxygens (including phenoxy) is 2. The Morgan fingerprint density at radius 2 is 2.16 bits per heavy atom. The number of nitrogens with zero attached hydrogens (tertiary/aromatic N) is 4. The lowest BCUT2D eigenvalue weighted by molar-refractivity contribution is -0.130. The van der Waals surface area contributed by atoms with Crippen LogP contribution in [0.1, 0.15) is 37.2 Å². The van der Waals surface area contributed by atoms with Crippen LogP contribution in [0.5, 0.6) is 0 Å². The quantitative estimate of drug-likeness (QED) is 0.452. The van der Waals surface area contributed by atoms with E-state index < -0.39 is 0 Å². The van der Waals surface area contributed by atoms with Gasteiger partial charge in [0.25, 0.3) is 0 Å². The van der Waals surface area contributed by atoms with Gasteiger partial charge in [0, 0.05) is 49.9 Å². The number of rotatable bonds is 7. The second-order valence-electron chi connectivity index (χ2n) is 8.83. The first-order chi connectivity index (χ1) is 15.8. The van der Waals surface area contributed by atoms with Crippen LogP contribution in [0.25, 0.3) is 21.9 Å². The molecule has 32 heavy (non-hydrogen) atoms. The minimum absolute atomic E-state index is 0.0921. The Hall–Kier alpha value is -2.55. The number of pyridine rings is 2. The van der Waals surface area contributed by atoms with E-state index in [4.69, 9.17) is 9.47 Å². The molecule has 0 bridgehead atoms. The summed E-state index contributed by atoms with van der Waals surface area (Å²) >= 11 is 0. The van der Waals surface area contributed by atoms with Crippen molar-refractivity contribution in [3.05, 3.63) is 36.3 Å². The molecule has 2 saturated heterocycles. The third-order valence-electron chi connectivity index (χ3n) is 6.99. The minimum atomic E-state index is 0.0921. The predicted molar refractivity (Wildman–Crippen MR) is 122 cm³/mol. The standard InChI is InChI=1S/C24H31N5O3/c1-31-11-12-32-18-3-2-9-28(15-18)22-13-17(6-10-29(22)16-30)19-4-7-25-21-14-27-24-20(23(19)21)5-8-26-24/h4-5,7-8,14,16-18,22,25H,2-3,6,9-13,15H2,1H3. The van der Waals surface area contributed by atoms with E-state index in [1.807, 2.05) is 29.6 Å². The van der Waals surface area contributed by atoms with Gasteiger partial charge in [0.05, 0.1) is 37.2 Å². The number of nitrogens with one attached hydrogen (secondary N) is 1. The van der Waals surface area contributed by atoms with E-state index >= 15 is 0 Å². The molecule has 3 atom stereocenters. The SMILES string of the molecule is COCCOC1CCCN(C2CC(c3cc[nH]c4cnc5nccc5c34)CCN2C=O)C1. The zero-order chi connectivity index (χ0) is 21.9. The Bertz CT molecular complexity index is 1070. The van der Waals surface area contributed by atoms with Gasteiger partial charge in [-0.25, -0.2) is 9.97 Å². The van der Waals surface area contributed by atoms with E-state index in [1.165, 1.54) is 10.9 Å². The van der Waals surface area contributed by atoms with Crippen molar-refractivity contribution in [1.82, 2.24) is 24.8 Å². The maximum absolute atomic E-state index is 11.9. The highest BCUT2D eigenvalue weighted by Gasteiger charge is 2.35. The number of hydrogen-bond acceptors (Lipinski definition) is 6. The molecule has 3 unspecified atom stereocenters. The molecule has 3 aromatic heterocycles. The van der Waals surface area contributed by atoms with Crippen molar-refractivity contribution in [2.24, 2.45) is 0 Å². The smallest absolute Gasteiger partial charge is 0.210 e. The first kappa shape index (κ1) is 21.3. The van der Waals surface area contributed by atoms with E-state index in [9.17, 15) is 4.79 Å². The molecular weight excluding hydrogens is 406 g/mol. The van der Waals surface area contributed by atoms with E-state index in [2.05, 4.69) is 25.9 Å². The van der Waals surface area contributed by atoms with Gasteiger partial charge in [-0.1, -0.05) is 0 Å². The molecule has 2 aliphatic rings. The maximum atomic E-state index is 11.9. The number of carbonyl (C=O) groups is 1. The van der Waals surface area contributed by atoms with Crippen LogP contribution in [-0.2, 0) is 14.3 Å². The number of fused-ring (bicyclic) bond motifs is 3. The van der Waals surface area contributed by atoms with Gasteiger partial charge >= 0.3 is 0 Å². The van der Waals surface area contributed by atoms with Gasteiger partial charge in [-0.05, 0) is 49.3 Å². The molecule has 0 aliphatic carbocycles. The third-order valence-corrected chi connectivity index (χ3v) is 6.99. The predicted octanol–water partition coefficient (Wildman–Crippen LogP) is 2.90. The molecule has 8 nitrogen and oxygen atoms in total. The summed E-state index contributed by atoms with van der Waals surface area (Å²) < 4.78 is 11.2. The van der Waals surface area contributed by atoms with Gasteiger partial charge in [0.2, 0.25) is 6.41 Å². The Morgan fingerprint density at radius 1 is 1.22 bits per heavy atom. The normalized spacial score (nSPS) is 24.9. The average Bonchev–Trinajstić information content (AvgIpc) is 3.33. The Balaban J connectivity index is 1.40. The van der Waals surface area contributed by atoms with E-state index in [1.54, 1.807) is 7.11 Å². The molecule has 0 radical (unpaired) electrons. The summed E-state index contributed by atoms with van der Waals surface area (Å²) in [5, 5.41) is 2.30. The second-order valence-corrected chi connectivity index (χ2v) is 8.83. The number of carbonyl (C=O) groups excluding carboxylic acids is 1.